The van der Waals surface area contributed by atoms with Gasteiger partial charge in [0.15, 0.2) is 0 Å². The molecule has 1 heteroatoms. The van der Waals surface area contributed by atoms with E-state index in [2.05, 4.69) is 32.0 Å². The minimum absolute atomic E-state index is 0.625. The SMILES string of the molecule is CCCC1(C)CCC(CCc2ccc(C#N)cc2)CC1. The van der Waals surface area contributed by atoms with Gasteiger partial charge in [0.25, 0.3) is 0 Å². The molecule has 0 unspecified atom stereocenters. The predicted octanol–water partition coefficient (Wildman–Crippen LogP) is 5.49. The molecule has 1 nitrogen and oxygen atoms in total. The molecule has 0 heterocycles. The summed E-state index contributed by atoms with van der Waals surface area (Å²) in [4.78, 5) is 0. The lowest BCUT2D eigenvalue weighted by Gasteiger charge is -2.37. The number of rotatable bonds is 5. The van der Waals surface area contributed by atoms with E-state index in [0.29, 0.717) is 5.41 Å². The van der Waals surface area contributed by atoms with Crippen LogP contribution in [0.1, 0.15) is 69.9 Å². The molecule has 0 radical (unpaired) electrons. The van der Waals surface area contributed by atoms with E-state index in [4.69, 9.17) is 5.26 Å². The van der Waals surface area contributed by atoms with Crippen molar-refractivity contribution in [3.63, 3.8) is 0 Å². The zero-order valence-electron chi connectivity index (χ0n) is 13.0. The second-order valence-corrected chi connectivity index (χ2v) is 6.85. The maximum Gasteiger partial charge on any atom is 0.0991 e. The van der Waals surface area contributed by atoms with Gasteiger partial charge in [0, 0.05) is 0 Å². The van der Waals surface area contributed by atoms with Crippen LogP contribution in [0.3, 0.4) is 0 Å². The minimum atomic E-state index is 0.625. The van der Waals surface area contributed by atoms with Gasteiger partial charge in [0.1, 0.15) is 0 Å². The molecule has 0 N–H and O–H groups in total. The Morgan fingerprint density at radius 1 is 1.20 bits per heavy atom. The van der Waals surface area contributed by atoms with Crippen LogP contribution < -0.4 is 0 Å². The Morgan fingerprint density at radius 3 is 2.40 bits per heavy atom. The zero-order valence-corrected chi connectivity index (χ0v) is 13.0. The summed E-state index contributed by atoms with van der Waals surface area (Å²) >= 11 is 0. The van der Waals surface area contributed by atoms with Crippen molar-refractivity contribution >= 4 is 0 Å². The molecule has 2 rings (SSSR count). The van der Waals surface area contributed by atoms with Crippen molar-refractivity contribution in [3.8, 4) is 6.07 Å². The quantitative estimate of drug-likeness (QED) is 0.693. The van der Waals surface area contributed by atoms with Crippen LogP contribution in [0, 0.1) is 22.7 Å². The molecule has 1 aromatic carbocycles. The van der Waals surface area contributed by atoms with Gasteiger partial charge < -0.3 is 0 Å². The van der Waals surface area contributed by atoms with Crippen LogP contribution in [-0.2, 0) is 6.42 Å². The lowest BCUT2D eigenvalue weighted by atomic mass is 9.68. The van der Waals surface area contributed by atoms with Crippen molar-refractivity contribution in [2.24, 2.45) is 11.3 Å². The fourth-order valence-electron chi connectivity index (χ4n) is 3.63. The lowest BCUT2D eigenvalue weighted by Crippen LogP contribution is -2.24. The fourth-order valence-corrected chi connectivity index (χ4v) is 3.63. The van der Waals surface area contributed by atoms with E-state index in [0.717, 1.165) is 11.5 Å². The van der Waals surface area contributed by atoms with Crippen LogP contribution in [0.15, 0.2) is 24.3 Å². The van der Waals surface area contributed by atoms with Crippen molar-refractivity contribution in [2.75, 3.05) is 0 Å². The van der Waals surface area contributed by atoms with Gasteiger partial charge in [-0.1, -0.05) is 32.4 Å². The molecular formula is C19H27N. The summed E-state index contributed by atoms with van der Waals surface area (Å²) in [6.07, 6.45) is 10.9. The molecule has 1 aliphatic carbocycles. The molecule has 108 valence electrons. The van der Waals surface area contributed by atoms with E-state index in [1.54, 1.807) is 0 Å². The van der Waals surface area contributed by atoms with Crippen LogP contribution >= 0.6 is 0 Å². The van der Waals surface area contributed by atoms with Crippen molar-refractivity contribution < 1.29 is 0 Å². The highest BCUT2D eigenvalue weighted by atomic mass is 14.3. The smallest absolute Gasteiger partial charge is 0.0991 e. The molecule has 0 atom stereocenters. The molecule has 0 spiro atoms. The maximum absolute atomic E-state index is 8.81. The third kappa shape index (κ3) is 4.10. The van der Waals surface area contributed by atoms with E-state index in [1.807, 2.05) is 12.1 Å². The molecule has 0 bridgehead atoms. The summed E-state index contributed by atoms with van der Waals surface area (Å²) in [5.74, 6) is 0.913. The predicted molar refractivity (Wildman–Crippen MR) is 84.5 cm³/mol. The van der Waals surface area contributed by atoms with Crippen molar-refractivity contribution in [1.29, 1.82) is 5.26 Å². The summed E-state index contributed by atoms with van der Waals surface area (Å²) < 4.78 is 0. The van der Waals surface area contributed by atoms with Gasteiger partial charge in [-0.25, -0.2) is 0 Å². The molecule has 1 aromatic rings. The molecular weight excluding hydrogens is 242 g/mol. The number of hydrogen-bond acceptors (Lipinski definition) is 1. The van der Waals surface area contributed by atoms with E-state index < -0.39 is 0 Å². The normalized spacial score (nSPS) is 26.1. The van der Waals surface area contributed by atoms with E-state index in [9.17, 15) is 0 Å². The Balaban J connectivity index is 1.77. The third-order valence-electron chi connectivity index (χ3n) is 5.09. The number of hydrogen-bond donors (Lipinski definition) is 0. The molecule has 0 aliphatic heterocycles. The van der Waals surface area contributed by atoms with Crippen molar-refractivity contribution in [3.05, 3.63) is 35.4 Å². The third-order valence-corrected chi connectivity index (χ3v) is 5.09. The minimum Gasteiger partial charge on any atom is -0.192 e. The topological polar surface area (TPSA) is 23.8 Å². The first kappa shape index (κ1) is 15.1. The monoisotopic (exact) mass is 269 g/mol. The van der Waals surface area contributed by atoms with Gasteiger partial charge in [0.2, 0.25) is 0 Å². The number of benzene rings is 1. The Bertz CT molecular complexity index is 444. The van der Waals surface area contributed by atoms with Crippen LogP contribution in [0.5, 0.6) is 0 Å². The Hall–Kier alpha value is -1.29. The van der Waals surface area contributed by atoms with E-state index in [-0.39, 0.29) is 0 Å². The molecule has 0 saturated heterocycles. The van der Waals surface area contributed by atoms with E-state index >= 15 is 0 Å². The first-order chi connectivity index (χ1) is 9.65. The van der Waals surface area contributed by atoms with Gasteiger partial charge in [-0.2, -0.15) is 5.26 Å². The molecule has 1 aliphatic rings. The summed E-state index contributed by atoms with van der Waals surface area (Å²) in [6.45, 7) is 4.79. The molecule has 0 aromatic heterocycles. The van der Waals surface area contributed by atoms with Gasteiger partial charge in [-0.3, -0.25) is 0 Å². The first-order valence-corrected chi connectivity index (χ1v) is 8.14. The fraction of sp³-hybridized carbons (Fsp3) is 0.632. The molecule has 0 amide bonds. The van der Waals surface area contributed by atoms with Gasteiger partial charge in [0.05, 0.1) is 11.6 Å². The average molecular weight is 269 g/mol. The molecule has 1 saturated carbocycles. The van der Waals surface area contributed by atoms with E-state index in [1.165, 1.54) is 56.9 Å². The zero-order chi connectivity index (χ0) is 14.4. The average Bonchev–Trinajstić information content (AvgIpc) is 2.47. The van der Waals surface area contributed by atoms with Crippen molar-refractivity contribution in [1.82, 2.24) is 0 Å². The lowest BCUT2D eigenvalue weighted by molar-refractivity contribution is 0.151. The second kappa shape index (κ2) is 6.93. The highest BCUT2D eigenvalue weighted by molar-refractivity contribution is 5.31. The summed E-state index contributed by atoms with van der Waals surface area (Å²) in [5, 5.41) is 8.81. The first-order valence-electron chi connectivity index (χ1n) is 8.14. The highest BCUT2D eigenvalue weighted by Gasteiger charge is 2.29. The molecule has 20 heavy (non-hydrogen) atoms. The second-order valence-electron chi connectivity index (χ2n) is 6.85. The van der Waals surface area contributed by atoms with Crippen molar-refractivity contribution in [2.45, 2.75) is 65.2 Å². The summed E-state index contributed by atoms with van der Waals surface area (Å²) in [7, 11) is 0. The largest absolute Gasteiger partial charge is 0.192 e. The number of nitriles is 1. The highest BCUT2D eigenvalue weighted by Crippen LogP contribution is 2.43. The van der Waals surface area contributed by atoms with Gasteiger partial charge in [-0.15, -0.1) is 0 Å². The van der Waals surface area contributed by atoms with Crippen LogP contribution in [0.4, 0.5) is 0 Å². The summed E-state index contributed by atoms with van der Waals surface area (Å²) in [6, 6.07) is 10.3. The Morgan fingerprint density at radius 2 is 1.85 bits per heavy atom. The molecule has 1 fully saturated rings. The standard InChI is InChI=1S/C19H27N/c1-3-12-19(2)13-10-17(11-14-19)5-4-16-6-8-18(15-20)9-7-16/h6-9,17H,3-5,10-14H2,1-2H3. The Kier molecular flexibility index (Phi) is 5.24. The van der Waals surface area contributed by atoms with Crippen LogP contribution in [0.2, 0.25) is 0 Å². The van der Waals surface area contributed by atoms with Gasteiger partial charge in [-0.05, 0) is 74.0 Å². The van der Waals surface area contributed by atoms with Crippen LogP contribution in [-0.4, -0.2) is 0 Å². The Labute approximate surface area is 124 Å². The summed E-state index contributed by atoms with van der Waals surface area (Å²) in [5.41, 5.74) is 2.77. The van der Waals surface area contributed by atoms with Gasteiger partial charge >= 0.3 is 0 Å². The number of aryl methyl sites for hydroxylation is 1. The number of nitrogens with zero attached hydrogens (tertiary/aromatic N) is 1. The van der Waals surface area contributed by atoms with Crippen LogP contribution in [0.25, 0.3) is 0 Å². The maximum atomic E-state index is 8.81.